The minimum Gasteiger partial charge on any atom is -0.379 e. The van der Waals surface area contributed by atoms with E-state index in [0.29, 0.717) is 0 Å². The van der Waals surface area contributed by atoms with Crippen molar-refractivity contribution in [3.63, 3.8) is 0 Å². The van der Waals surface area contributed by atoms with Gasteiger partial charge in [0.05, 0.1) is 13.2 Å². The number of hydrogen-bond acceptors (Lipinski definition) is 3. The molecule has 1 amide bonds. The van der Waals surface area contributed by atoms with Crippen molar-refractivity contribution in [1.82, 2.24) is 10.2 Å². The first kappa shape index (κ1) is 11.9. The number of nitrogens with one attached hydrogen (secondary N) is 1. The van der Waals surface area contributed by atoms with Crippen LogP contribution in [0.5, 0.6) is 0 Å². The Hall–Kier alpha value is -1.91. The monoisotopic (exact) mass is 268 g/mol. The lowest BCUT2D eigenvalue weighted by Crippen LogP contribution is -2.43. The van der Waals surface area contributed by atoms with Crippen LogP contribution >= 0.6 is 0 Å². The van der Waals surface area contributed by atoms with Gasteiger partial charge in [0.2, 0.25) is 0 Å². The van der Waals surface area contributed by atoms with Gasteiger partial charge in [0.15, 0.2) is 0 Å². The number of carbonyl (C=O) groups excluding carboxylic acids is 1. The average Bonchev–Trinajstić information content (AvgIpc) is 2.83. The lowest BCUT2D eigenvalue weighted by molar-refractivity contribution is 0.0111. The number of hydrogen-bond donors (Lipinski definition) is 1. The molecule has 0 aromatic heterocycles. The Morgan fingerprint density at radius 3 is 2.55 bits per heavy atom. The van der Waals surface area contributed by atoms with E-state index in [2.05, 4.69) is 22.3 Å². The zero-order valence-electron chi connectivity index (χ0n) is 11.1. The molecule has 0 radical (unpaired) electrons. The topological polar surface area (TPSA) is 41.6 Å². The van der Waals surface area contributed by atoms with Crippen LogP contribution in [0.1, 0.15) is 22.1 Å². The highest BCUT2D eigenvalue weighted by molar-refractivity contribution is 6.03. The summed E-state index contributed by atoms with van der Waals surface area (Å²) in [5.74, 6) is 0.0299. The number of benzene rings is 2. The molecule has 0 bridgehead atoms. The molecule has 1 atom stereocenters. The Kier molecular flexibility index (Phi) is 2.72. The smallest absolute Gasteiger partial charge is 0.253 e. The summed E-state index contributed by atoms with van der Waals surface area (Å²) in [5, 5.41) is 5.39. The summed E-state index contributed by atoms with van der Waals surface area (Å²) in [6.07, 6.45) is -0.00833. The molecule has 2 aliphatic heterocycles. The van der Waals surface area contributed by atoms with E-state index >= 15 is 0 Å². The molecule has 0 aliphatic carbocycles. The van der Waals surface area contributed by atoms with Crippen molar-refractivity contribution >= 4 is 16.7 Å². The third-order valence-electron chi connectivity index (χ3n) is 4.14. The first-order chi connectivity index (χ1) is 9.83. The summed E-state index contributed by atoms with van der Waals surface area (Å²) in [7, 11) is 0. The molecule has 20 heavy (non-hydrogen) atoms. The average molecular weight is 268 g/mol. The fourth-order valence-corrected chi connectivity index (χ4v) is 3.08. The maximum absolute atomic E-state index is 12.2. The molecule has 2 aromatic carbocycles. The van der Waals surface area contributed by atoms with E-state index in [1.807, 2.05) is 24.3 Å². The quantitative estimate of drug-likeness (QED) is 0.859. The van der Waals surface area contributed by atoms with Crippen LogP contribution in [0.15, 0.2) is 36.4 Å². The summed E-state index contributed by atoms with van der Waals surface area (Å²) < 4.78 is 5.39. The third kappa shape index (κ3) is 1.80. The van der Waals surface area contributed by atoms with E-state index < -0.39 is 0 Å². The number of amides is 1. The zero-order chi connectivity index (χ0) is 13.5. The van der Waals surface area contributed by atoms with Gasteiger partial charge in [-0.1, -0.05) is 24.3 Å². The molecule has 4 heteroatoms. The summed E-state index contributed by atoms with van der Waals surface area (Å²) in [6.45, 7) is 3.18. The number of fused-ring (bicyclic) bond motifs is 2. The van der Waals surface area contributed by atoms with E-state index in [1.165, 1.54) is 5.39 Å². The van der Waals surface area contributed by atoms with E-state index in [9.17, 15) is 4.79 Å². The Balaban J connectivity index is 1.80. The number of rotatable bonds is 1. The fourth-order valence-electron chi connectivity index (χ4n) is 3.08. The molecule has 1 unspecified atom stereocenters. The first-order valence-corrected chi connectivity index (χ1v) is 6.98. The minimum atomic E-state index is -0.00833. The maximum Gasteiger partial charge on any atom is 0.253 e. The van der Waals surface area contributed by atoms with Crippen LogP contribution in [0, 0.1) is 0 Å². The number of carbonyl (C=O) groups is 1. The van der Waals surface area contributed by atoms with Gasteiger partial charge in [0, 0.05) is 24.2 Å². The SMILES string of the molecule is O=C1NC(N2CCOCC2)c2cc3ccccc3cc21. The summed E-state index contributed by atoms with van der Waals surface area (Å²) in [4.78, 5) is 14.5. The van der Waals surface area contributed by atoms with Crippen LogP contribution in [0.4, 0.5) is 0 Å². The number of nitrogens with zero attached hydrogens (tertiary/aromatic N) is 1. The largest absolute Gasteiger partial charge is 0.379 e. The van der Waals surface area contributed by atoms with Crippen molar-refractivity contribution < 1.29 is 9.53 Å². The highest BCUT2D eigenvalue weighted by Gasteiger charge is 2.33. The van der Waals surface area contributed by atoms with E-state index in [-0.39, 0.29) is 12.1 Å². The molecule has 0 spiro atoms. The van der Waals surface area contributed by atoms with Crippen LogP contribution in [-0.4, -0.2) is 37.1 Å². The Morgan fingerprint density at radius 1 is 1.10 bits per heavy atom. The molecule has 0 saturated carbocycles. The van der Waals surface area contributed by atoms with Gasteiger partial charge in [0.1, 0.15) is 6.17 Å². The van der Waals surface area contributed by atoms with Gasteiger partial charge in [-0.2, -0.15) is 0 Å². The molecule has 2 aromatic rings. The highest BCUT2D eigenvalue weighted by atomic mass is 16.5. The predicted molar refractivity (Wildman–Crippen MR) is 76.5 cm³/mol. The molecule has 2 aliphatic rings. The van der Waals surface area contributed by atoms with Gasteiger partial charge < -0.3 is 10.1 Å². The van der Waals surface area contributed by atoms with Crippen LogP contribution in [0.2, 0.25) is 0 Å². The van der Waals surface area contributed by atoms with Crippen molar-refractivity contribution in [2.75, 3.05) is 26.3 Å². The van der Waals surface area contributed by atoms with Crippen molar-refractivity contribution in [3.8, 4) is 0 Å². The fraction of sp³-hybridized carbons (Fsp3) is 0.312. The molecule has 4 rings (SSSR count). The predicted octanol–water partition coefficient (Wildman–Crippen LogP) is 1.91. The van der Waals surface area contributed by atoms with Gasteiger partial charge >= 0.3 is 0 Å². The van der Waals surface area contributed by atoms with Gasteiger partial charge in [-0.15, -0.1) is 0 Å². The van der Waals surface area contributed by atoms with Crippen molar-refractivity contribution in [1.29, 1.82) is 0 Å². The standard InChI is InChI=1S/C16H16N2O2/c19-16-14-10-12-4-2-1-3-11(12)9-13(14)15(17-16)18-5-7-20-8-6-18/h1-4,9-10,15H,5-8H2,(H,17,19). The lowest BCUT2D eigenvalue weighted by Gasteiger charge is -2.32. The van der Waals surface area contributed by atoms with Gasteiger partial charge in [0.25, 0.3) is 5.91 Å². The Bertz CT molecular complexity index is 677. The first-order valence-electron chi connectivity index (χ1n) is 6.98. The van der Waals surface area contributed by atoms with E-state index in [4.69, 9.17) is 4.74 Å². The van der Waals surface area contributed by atoms with E-state index in [0.717, 1.165) is 42.8 Å². The summed E-state index contributed by atoms with van der Waals surface area (Å²) in [5.41, 5.74) is 1.90. The molecular formula is C16H16N2O2. The van der Waals surface area contributed by atoms with Gasteiger partial charge in [-0.25, -0.2) is 0 Å². The number of ether oxygens (including phenoxy) is 1. The van der Waals surface area contributed by atoms with E-state index in [1.54, 1.807) is 0 Å². The van der Waals surface area contributed by atoms with Crippen molar-refractivity contribution in [3.05, 3.63) is 47.5 Å². The summed E-state index contributed by atoms with van der Waals surface area (Å²) in [6, 6.07) is 12.3. The molecule has 102 valence electrons. The molecule has 1 fully saturated rings. The molecule has 1 saturated heterocycles. The summed E-state index contributed by atoms with van der Waals surface area (Å²) >= 11 is 0. The second-order valence-electron chi connectivity index (χ2n) is 5.31. The van der Waals surface area contributed by atoms with Crippen molar-refractivity contribution in [2.24, 2.45) is 0 Å². The lowest BCUT2D eigenvalue weighted by atomic mass is 10.0. The highest BCUT2D eigenvalue weighted by Crippen LogP contribution is 2.32. The second kappa shape index (κ2) is 4.58. The molecule has 1 N–H and O–H groups in total. The minimum absolute atomic E-state index is 0.00833. The zero-order valence-corrected chi connectivity index (χ0v) is 11.1. The normalized spacial score (nSPS) is 22.8. The second-order valence-corrected chi connectivity index (χ2v) is 5.31. The van der Waals surface area contributed by atoms with Crippen molar-refractivity contribution in [2.45, 2.75) is 6.17 Å². The van der Waals surface area contributed by atoms with Gasteiger partial charge in [-0.3, -0.25) is 9.69 Å². The Morgan fingerprint density at radius 2 is 1.80 bits per heavy atom. The number of morpholine rings is 1. The van der Waals surface area contributed by atoms with Crippen LogP contribution < -0.4 is 5.32 Å². The van der Waals surface area contributed by atoms with Crippen LogP contribution in [-0.2, 0) is 4.74 Å². The Labute approximate surface area is 117 Å². The maximum atomic E-state index is 12.2. The third-order valence-corrected chi connectivity index (χ3v) is 4.14. The molecule has 4 nitrogen and oxygen atoms in total. The molecule has 2 heterocycles. The molecular weight excluding hydrogens is 252 g/mol. The van der Waals surface area contributed by atoms with Crippen LogP contribution in [0.3, 0.4) is 0 Å². The van der Waals surface area contributed by atoms with Gasteiger partial charge in [-0.05, 0) is 22.9 Å². The van der Waals surface area contributed by atoms with Crippen LogP contribution in [0.25, 0.3) is 10.8 Å².